The Bertz CT molecular complexity index is 681. The topological polar surface area (TPSA) is 92.5 Å². The lowest BCUT2D eigenvalue weighted by molar-refractivity contribution is 0.186. The molecule has 1 fully saturated rings. The van der Waals surface area contributed by atoms with Gasteiger partial charge < -0.3 is 16.0 Å². The lowest BCUT2D eigenvalue weighted by Gasteiger charge is -2.31. The van der Waals surface area contributed by atoms with Gasteiger partial charge in [-0.05, 0) is 49.9 Å². The van der Waals surface area contributed by atoms with E-state index < -0.39 is 15.1 Å². The highest BCUT2D eigenvalue weighted by atomic mass is 32.2. The molecule has 152 valence electrons. The number of urea groups is 1. The third-order valence-corrected chi connectivity index (χ3v) is 7.44. The standard InChI is InChI=1S/C20H33N3O3S/c1-2-3-4-5-14-22-20(24)23-15-11-19(12-16-23)27(25,26)18-8-6-17(7-9-18)10-13-21/h6-9,19H,2-5,10-16,21H2,1H3,(H,22,24). The SMILES string of the molecule is CCCCCCNC(=O)N1CCC(S(=O)(=O)c2ccc(CCN)cc2)CC1. The Hall–Kier alpha value is -1.60. The maximum atomic E-state index is 12.9. The molecule has 0 spiro atoms. The summed E-state index contributed by atoms with van der Waals surface area (Å²) in [5, 5.41) is 2.52. The number of unbranched alkanes of at least 4 members (excludes halogenated alkanes) is 3. The van der Waals surface area contributed by atoms with Crippen LogP contribution < -0.4 is 11.1 Å². The zero-order valence-corrected chi connectivity index (χ0v) is 17.1. The van der Waals surface area contributed by atoms with Gasteiger partial charge in [-0.2, -0.15) is 0 Å². The Balaban J connectivity index is 1.84. The fourth-order valence-corrected chi connectivity index (χ4v) is 5.16. The first-order valence-electron chi connectivity index (χ1n) is 10.0. The van der Waals surface area contributed by atoms with Gasteiger partial charge in [-0.3, -0.25) is 0 Å². The molecule has 7 heteroatoms. The molecule has 0 saturated carbocycles. The van der Waals surface area contributed by atoms with Gasteiger partial charge in [-0.25, -0.2) is 13.2 Å². The predicted molar refractivity (Wildman–Crippen MR) is 109 cm³/mol. The molecule has 2 amide bonds. The van der Waals surface area contributed by atoms with Crippen LogP contribution in [0.15, 0.2) is 29.2 Å². The summed E-state index contributed by atoms with van der Waals surface area (Å²) in [6, 6.07) is 6.95. The number of carbonyl (C=O) groups is 1. The summed E-state index contributed by atoms with van der Waals surface area (Å²) < 4.78 is 25.7. The maximum absolute atomic E-state index is 12.9. The van der Waals surface area contributed by atoms with Crippen molar-refractivity contribution in [3.05, 3.63) is 29.8 Å². The Morgan fingerprint density at radius 3 is 2.41 bits per heavy atom. The summed E-state index contributed by atoms with van der Waals surface area (Å²) in [6.07, 6.45) is 6.18. The summed E-state index contributed by atoms with van der Waals surface area (Å²) in [6.45, 7) is 4.36. The second-order valence-electron chi connectivity index (χ2n) is 7.21. The molecule has 1 aliphatic heterocycles. The first-order chi connectivity index (χ1) is 13.0. The van der Waals surface area contributed by atoms with E-state index in [1.165, 1.54) is 12.8 Å². The maximum Gasteiger partial charge on any atom is 0.317 e. The summed E-state index contributed by atoms with van der Waals surface area (Å²) in [5.41, 5.74) is 6.58. The van der Waals surface area contributed by atoms with Gasteiger partial charge >= 0.3 is 6.03 Å². The van der Waals surface area contributed by atoms with Crippen molar-refractivity contribution in [1.82, 2.24) is 10.2 Å². The smallest absolute Gasteiger partial charge is 0.317 e. The van der Waals surface area contributed by atoms with Crippen LogP contribution in [0.5, 0.6) is 0 Å². The summed E-state index contributed by atoms with van der Waals surface area (Å²) in [5.74, 6) is 0. The van der Waals surface area contributed by atoms with Crippen molar-refractivity contribution in [3.63, 3.8) is 0 Å². The molecule has 0 aromatic heterocycles. The molecule has 1 aromatic carbocycles. The molecule has 3 N–H and O–H groups in total. The Morgan fingerprint density at radius 1 is 1.15 bits per heavy atom. The third-order valence-electron chi connectivity index (χ3n) is 5.16. The molecule has 0 atom stereocenters. The van der Waals surface area contributed by atoms with Crippen LogP contribution in [0.1, 0.15) is 51.0 Å². The van der Waals surface area contributed by atoms with Crippen LogP contribution in [0.2, 0.25) is 0 Å². The summed E-state index contributed by atoms with van der Waals surface area (Å²) >= 11 is 0. The fourth-order valence-electron chi connectivity index (χ4n) is 3.43. The number of likely N-dealkylation sites (tertiary alicyclic amines) is 1. The van der Waals surface area contributed by atoms with Crippen molar-refractivity contribution in [1.29, 1.82) is 0 Å². The molecule has 0 radical (unpaired) electrons. The van der Waals surface area contributed by atoms with Crippen LogP contribution in [-0.4, -0.2) is 50.8 Å². The number of benzene rings is 1. The average Bonchev–Trinajstić information content (AvgIpc) is 2.68. The number of nitrogens with zero attached hydrogens (tertiary/aromatic N) is 1. The van der Waals surface area contributed by atoms with Crippen molar-refractivity contribution in [2.24, 2.45) is 5.73 Å². The Morgan fingerprint density at radius 2 is 1.81 bits per heavy atom. The van der Waals surface area contributed by atoms with Crippen molar-refractivity contribution in [2.45, 2.75) is 62.0 Å². The van der Waals surface area contributed by atoms with Crippen LogP contribution in [0.4, 0.5) is 4.79 Å². The zero-order valence-electron chi connectivity index (χ0n) is 16.3. The number of nitrogens with one attached hydrogen (secondary N) is 1. The van der Waals surface area contributed by atoms with E-state index in [9.17, 15) is 13.2 Å². The molecule has 27 heavy (non-hydrogen) atoms. The van der Waals surface area contributed by atoms with Gasteiger partial charge in [0.25, 0.3) is 0 Å². The monoisotopic (exact) mass is 395 g/mol. The van der Waals surface area contributed by atoms with Gasteiger partial charge in [0, 0.05) is 19.6 Å². The Labute approximate surface area is 163 Å². The van der Waals surface area contributed by atoms with Crippen LogP contribution in [-0.2, 0) is 16.3 Å². The third kappa shape index (κ3) is 6.21. The molecule has 6 nitrogen and oxygen atoms in total. The van der Waals surface area contributed by atoms with Gasteiger partial charge in [0.15, 0.2) is 9.84 Å². The largest absolute Gasteiger partial charge is 0.338 e. The van der Waals surface area contributed by atoms with Crippen LogP contribution in [0, 0.1) is 0 Å². The first kappa shape index (κ1) is 21.7. The van der Waals surface area contributed by atoms with E-state index in [0.29, 0.717) is 43.9 Å². The fraction of sp³-hybridized carbons (Fsp3) is 0.650. The molecular weight excluding hydrogens is 362 g/mol. The Kier molecular flexibility index (Phi) is 8.57. The van der Waals surface area contributed by atoms with Crippen molar-refractivity contribution >= 4 is 15.9 Å². The molecule has 1 aromatic rings. The average molecular weight is 396 g/mol. The van der Waals surface area contributed by atoms with Gasteiger partial charge in [0.2, 0.25) is 0 Å². The van der Waals surface area contributed by atoms with Crippen LogP contribution >= 0.6 is 0 Å². The quantitative estimate of drug-likeness (QED) is 0.629. The van der Waals surface area contributed by atoms with Gasteiger partial charge in [0.05, 0.1) is 10.1 Å². The second kappa shape index (κ2) is 10.7. The van der Waals surface area contributed by atoms with E-state index in [1.54, 1.807) is 17.0 Å². The lowest BCUT2D eigenvalue weighted by atomic mass is 10.1. The number of piperidine rings is 1. The molecule has 1 heterocycles. The zero-order chi connectivity index (χ0) is 19.7. The number of hydrogen-bond donors (Lipinski definition) is 2. The predicted octanol–water partition coefficient (Wildman–Crippen LogP) is 2.72. The van der Waals surface area contributed by atoms with Gasteiger partial charge in [0.1, 0.15) is 0 Å². The molecule has 1 saturated heterocycles. The molecule has 0 unspecified atom stereocenters. The van der Waals surface area contributed by atoms with Crippen LogP contribution in [0.3, 0.4) is 0 Å². The first-order valence-corrected chi connectivity index (χ1v) is 11.6. The summed E-state index contributed by atoms with van der Waals surface area (Å²) in [4.78, 5) is 14.3. The highest BCUT2D eigenvalue weighted by Crippen LogP contribution is 2.25. The minimum Gasteiger partial charge on any atom is -0.338 e. The van der Waals surface area contributed by atoms with E-state index >= 15 is 0 Å². The highest BCUT2D eigenvalue weighted by molar-refractivity contribution is 7.92. The molecule has 0 aliphatic carbocycles. The van der Waals surface area contributed by atoms with E-state index in [2.05, 4.69) is 12.2 Å². The number of hydrogen-bond acceptors (Lipinski definition) is 4. The summed E-state index contributed by atoms with van der Waals surface area (Å²) in [7, 11) is -3.36. The second-order valence-corrected chi connectivity index (χ2v) is 9.43. The van der Waals surface area contributed by atoms with Crippen LogP contribution in [0.25, 0.3) is 0 Å². The van der Waals surface area contributed by atoms with E-state index in [-0.39, 0.29) is 6.03 Å². The van der Waals surface area contributed by atoms with Gasteiger partial charge in [-0.1, -0.05) is 38.3 Å². The molecule has 2 rings (SSSR count). The van der Waals surface area contributed by atoms with E-state index in [4.69, 9.17) is 5.73 Å². The minimum absolute atomic E-state index is 0.0755. The number of sulfone groups is 1. The van der Waals surface area contributed by atoms with Gasteiger partial charge in [-0.15, -0.1) is 0 Å². The number of rotatable bonds is 9. The highest BCUT2D eigenvalue weighted by Gasteiger charge is 2.32. The number of amides is 2. The molecular formula is C20H33N3O3S. The van der Waals surface area contributed by atoms with Crippen molar-refractivity contribution in [3.8, 4) is 0 Å². The number of carbonyl (C=O) groups excluding carboxylic acids is 1. The van der Waals surface area contributed by atoms with Crippen molar-refractivity contribution in [2.75, 3.05) is 26.2 Å². The van der Waals surface area contributed by atoms with E-state index in [0.717, 1.165) is 24.8 Å². The molecule has 1 aliphatic rings. The number of nitrogens with two attached hydrogens (primary N) is 1. The lowest BCUT2D eigenvalue weighted by Crippen LogP contribution is -2.47. The normalized spacial score (nSPS) is 15.7. The van der Waals surface area contributed by atoms with Crippen molar-refractivity contribution < 1.29 is 13.2 Å². The minimum atomic E-state index is -3.36. The van der Waals surface area contributed by atoms with E-state index in [1.807, 2.05) is 12.1 Å². The molecule has 0 bridgehead atoms.